The number of carbonyl (C=O) groups is 1. The molecule has 3 N–H and O–H groups in total. The van der Waals surface area contributed by atoms with E-state index in [1.54, 1.807) is 18.5 Å². The summed E-state index contributed by atoms with van der Waals surface area (Å²) in [7, 11) is 0. The molecule has 2 aromatic heterocycles. The van der Waals surface area contributed by atoms with Gasteiger partial charge in [-0.15, -0.1) is 0 Å². The van der Waals surface area contributed by atoms with Crippen LogP contribution in [0.3, 0.4) is 0 Å². The standard InChI is InChI=1S/C22H24Cl2N4O/c1-4-19(14-6-5-7-16(23)8-14)28-22(29)20-9-15(11-25-20)17-10-21(27-13(2)3)26-12-18(17)24/h5-13,19,25H,4H2,1-3H3,(H,26,27)(H,28,29)/t19-/m1/s1. The molecule has 152 valence electrons. The molecule has 0 unspecified atom stereocenters. The second-order valence-corrected chi connectivity index (χ2v) is 7.98. The van der Waals surface area contributed by atoms with E-state index in [0.29, 0.717) is 15.7 Å². The SMILES string of the molecule is CC[C@@H](NC(=O)c1cc(-c2cc(NC(C)C)ncc2Cl)c[nH]1)c1cccc(Cl)c1. The first-order valence-corrected chi connectivity index (χ1v) is 10.3. The smallest absolute Gasteiger partial charge is 0.268 e. The van der Waals surface area contributed by atoms with Gasteiger partial charge in [0.15, 0.2) is 0 Å². The van der Waals surface area contributed by atoms with E-state index in [1.165, 1.54) is 0 Å². The summed E-state index contributed by atoms with van der Waals surface area (Å²) in [6.07, 6.45) is 4.14. The van der Waals surface area contributed by atoms with Crippen LogP contribution < -0.4 is 10.6 Å². The van der Waals surface area contributed by atoms with Crippen molar-refractivity contribution >= 4 is 34.9 Å². The van der Waals surface area contributed by atoms with Crippen molar-refractivity contribution < 1.29 is 4.79 Å². The van der Waals surface area contributed by atoms with Gasteiger partial charge in [0, 0.05) is 34.6 Å². The second-order valence-electron chi connectivity index (χ2n) is 7.14. The van der Waals surface area contributed by atoms with Gasteiger partial charge in [0.25, 0.3) is 5.91 Å². The first-order valence-electron chi connectivity index (χ1n) is 9.54. The number of halogens is 2. The number of anilines is 1. The molecule has 7 heteroatoms. The van der Waals surface area contributed by atoms with Crippen LogP contribution in [-0.4, -0.2) is 21.9 Å². The van der Waals surface area contributed by atoms with Crippen molar-refractivity contribution in [1.82, 2.24) is 15.3 Å². The number of pyridine rings is 1. The third kappa shape index (κ3) is 5.31. The van der Waals surface area contributed by atoms with Crippen molar-refractivity contribution in [2.45, 2.75) is 39.3 Å². The van der Waals surface area contributed by atoms with Crippen LogP contribution in [0, 0.1) is 0 Å². The number of hydrogen-bond donors (Lipinski definition) is 3. The Labute approximate surface area is 180 Å². The summed E-state index contributed by atoms with van der Waals surface area (Å²) in [4.78, 5) is 20.1. The van der Waals surface area contributed by atoms with Crippen LogP contribution >= 0.6 is 23.2 Å². The van der Waals surface area contributed by atoms with Crippen LogP contribution in [0.25, 0.3) is 11.1 Å². The van der Waals surface area contributed by atoms with Gasteiger partial charge in [0.1, 0.15) is 11.5 Å². The van der Waals surface area contributed by atoms with Gasteiger partial charge >= 0.3 is 0 Å². The van der Waals surface area contributed by atoms with E-state index in [9.17, 15) is 4.79 Å². The lowest BCUT2D eigenvalue weighted by molar-refractivity contribution is 0.0931. The van der Waals surface area contributed by atoms with E-state index in [-0.39, 0.29) is 18.0 Å². The number of amides is 1. The van der Waals surface area contributed by atoms with E-state index in [1.807, 2.05) is 51.1 Å². The van der Waals surface area contributed by atoms with Gasteiger partial charge in [-0.1, -0.05) is 42.3 Å². The molecule has 0 saturated heterocycles. The van der Waals surface area contributed by atoms with Gasteiger partial charge < -0.3 is 15.6 Å². The lowest BCUT2D eigenvalue weighted by atomic mass is 10.0. The van der Waals surface area contributed by atoms with Crippen molar-refractivity contribution in [2.75, 3.05) is 5.32 Å². The first kappa shape index (κ1) is 21.2. The molecule has 5 nitrogen and oxygen atoms in total. The molecular weight excluding hydrogens is 407 g/mol. The zero-order valence-corrected chi connectivity index (χ0v) is 18.1. The first-order chi connectivity index (χ1) is 13.9. The third-order valence-corrected chi connectivity index (χ3v) is 5.03. The fourth-order valence-electron chi connectivity index (χ4n) is 3.10. The average molecular weight is 431 g/mol. The summed E-state index contributed by atoms with van der Waals surface area (Å²) in [6.45, 7) is 6.10. The zero-order chi connectivity index (χ0) is 21.0. The Morgan fingerprint density at radius 2 is 2.00 bits per heavy atom. The Bertz CT molecular complexity index is 1000. The highest BCUT2D eigenvalue weighted by molar-refractivity contribution is 6.33. The summed E-state index contributed by atoms with van der Waals surface area (Å²) in [5.74, 6) is 0.549. The Kier molecular flexibility index (Phi) is 6.83. The van der Waals surface area contributed by atoms with Crippen LogP contribution in [-0.2, 0) is 0 Å². The molecule has 2 heterocycles. The maximum absolute atomic E-state index is 12.8. The van der Waals surface area contributed by atoms with E-state index >= 15 is 0 Å². The largest absolute Gasteiger partial charge is 0.368 e. The van der Waals surface area contributed by atoms with Crippen molar-refractivity contribution in [3.05, 3.63) is 70.1 Å². The number of benzene rings is 1. The van der Waals surface area contributed by atoms with E-state index in [0.717, 1.165) is 28.9 Å². The number of H-pyrrole nitrogens is 1. The van der Waals surface area contributed by atoms with Gasteiger partial charge in [0.2, 0.25) is 0 Å². The normalized spacial score (nSPS) is 12.1. The molecule has 1 aromatic carbocycles. The molecule has 29 heavy (non-hydrogen) atoms. The van der Waals surface area contributed by atoms with Gasteiger partial charge in [-0.05, 0) is 50.1 Å². The predicted octanol–water partition coefficient (Wildman–Crippen LogP) is 6.08. The minimum absolute atomic E-state index is 0.126. The third-order valence-electron chi connectivity index (χ3n) is 4.50. The van der Waals surface area contributed by atoms with Crippen LogP contribution in [0.4, 0.5) is 5.82 Å². The number of nitrogens with one attached hydrogen (secondary N) is 3. The molecule has 0 aliphatic rings. The number of hydrogen-bond acceptors (Lipinski definition) is 3. The topological polar surface area (TPSA) is 69.8 Å². The predicted molar refractivity (Wildman–Crippen MR) is 120 cm³/mol. The fourth-order valence-corrected chi connectivity index (χ4v) is 3.51. The summed E-state index contributed by atoms with van der Waals surface area (Å²) in [5, 5.41) is 7.49. The molecule has 0 spiro atoms. The molecule has 0 radical (unpaired) electrons. The number of rotatable bonds is 7. The van der Waals surface area contributed by atoms with Crippen molar-refractivity contribution in [3.8, 4) is 11.1 Å². The second kappa shape index (κ2) is 9.33. The Hall–Kier alpha value is -2.50. The van der Waals surface area contributed by atoms with Crippen LogP contribution in [0.2, 0.25) is 10.0 Å². The van der Waals surface area contributed by atoms with E-state index in [2.05, 4.69) is 20.6 Å². The van der Waals surface area contributed by atoms with Crippen molar-refractivity contribution in [3.63, 3.8) is 0 Å². The summed E-state index contributed by atoms with van der Waals surface area (Å²) in [5.41, 5.74) is 3.07. The maximum Gasteiger partial charge on any atom is 0.268 e. The molecular formula is C22H24Cl2N4O. The minimum Gasteiger partial charge on any atom is -0.368 e. The van der Waals surface area contributed by atoms with Gasteiger partial charge in [0.05, 0.1) is 11.1 Å². The van der Waals surface area contributed by atoms with Crippen LogP contribution in [0.1, 0.15) is 49.3 Å². The molecule has 0 saturated carbocycles. The minimum atomic E-state index is -0.186. The van der Waals surface area contributed by atoms with E-state index < -0.39 is 0 Å². The van der Waals surface area contributed by atoms with Gasteiger partial charge in [-0.2, -0.15) is 0 Å². The number of nitrogens with zero attached hydrogens (tertiary/aromatic N) is 1. The molecule has 0 bridgehead atoms. The van der Waals surface area contributed by atoms with E-state index in [4.69, 9.17) is 23.2 Å². The van der Waals surface area contributed by atoms with Crippen molar-refractivity contribution in [2.24, 2.45) is 0 Å². The highest BCUT2D eigenvalue weighted by atomic mass is 35.5. The maximum atomic E-state index is 12.8. The Balaban J connectivity index is 1.79. The number of carbonyl (C=O) groups excluding carboxylic acids is 1. The quantitative estimate of drug-likeness (QED) is 0.424. The fraction of sp³-hybridized carbons (Fsp3) is 0.273. The monoisotopic (exact) mass is 430 g/mol. The average Bonchev–Trinajstić information content (AvgIpc) is 3.17. The molecule has 1 atom stereocenters. The Morgan fingerprint density at radius 3 is 2.69 bits per heavy atom. The summed E-state index contributed by atoms with van der Waals surface area (Å²) < 4.78 is 0. The van der Waals surface area contributed by atoms with Gasteiger partial charge in [-0.3, -0.25) is 4.79 Å². The lowest BCUT2D eigenvalue weighted by Gasteiger charge is -2.17. The zero-order valence-electron chi connectivity index (χ0n) is 16.6. The molecule has 0 aliphatic carbocycles. The molecule has 3 rings (SSSR count). The summed E-state index contributed by atoms with van der Waals surface area (Å²) in [6, 6.07) is 11.3. The summed E-state index contributed by atoms with van der Waals surface area (Å²) >= 11 is 12.4. The van der Waals surface area contributed by atoms with Crippen LogP contribution in [0.5, 0.6) is 0 Å². The molecule has 3 aromatic rings. The number of aromatic nitrogens is 2. The van der Waals surface area contributed by atoms with Gasteiger partial charge in [-0.25, -0.2) is 4.98 Å². The Morgan fingerprint density at radius 1 is 1.21 bits per heavy atom. The molecule has 1 amide bonds. The number of aromatic amines is 1. The molecule has 0 fully saturated rings. The highest BCUT2D eigenvalue weighted by Gasteiger charge is 2.17. The highest BCUT2D eigenvalue weighted by Crippen LogP contribution is 2.30. The lowest BCUT2D eigenvalue weighted by Crippen LogP contribution is -2.28. The van der Waals surface area contributed by atoms with Crippen molar-refractivity contribution in [1.29, 1.82) is 0 Å². The van der Waals surface area contributed by atoms with Crippen LogP contribution in [0.15, 0.2) is 48.8 Å². The molecule has 0 aliphatic heterocycles.